The molecule has 18 heavy (non-hydrogen) atoms. The third-order valence-corrected chi connectivity index (χ3v) is 2.72. The van der Waals surface area contributed by atoms with Crippen LogP contribution in [0.15, 0.2) is 4.99 Å². The number of rotatable bonds is 2. The highest BCUT2D eigenvalue weighted by atomic mass is 16.6. The lowest BCUT2D eigenvalue weighted by Crippen LogP contribution is -2.38. The zero-order chi connectivity index (χ0) is 13.6. The second kappa shape index (κ2) is 6.61. The Bertz CT molecular complexity index is 300. The Kier molecular flexibility index (Phi) is 5.44. The van der Waals surface area contributed by atoms with Gasteiger partial charge in [-0.15, -0.1) is 0 Å². The van der Waals surface area contributed by atoms with E-state index in [1.165, 1.54) is 12.8 Å². The lowest BCUT2D eigenvalue weighted by Gasteiger charge is -2.22. The summed E-state index contributed by atoms with van der Waals surface area (Å²) in [6, 6.07) is 0. The molecule has 0 aromatic carbocycles. The Labute approximate surface area is 109 Å². The molecule has 0 spiro atoms. The summed E-state index contributed by atoms with van der Waals surface area (Å²) in [5.41, 5.74) is 5.43. The number of ether oxygens (including phenoxy) is 1. The lowest BCUT2D eigenvalue weighted by atomic mass is 10.2. The molecule has 0 unspecified atom stereocenters. The van der Waals surface area contributed by atoms with Crippen molar-refractivity contribution in [1.82, 2.24) is 4.90 Å². The summed E-state index contributed by atoms with van der Waals surface area (Å²) in [4.78, 5) is 17.7. The van der Waals surface area contributed by atoms with E-state index in [-0.39, 0.29) is 12.5 Å². The normalized spacial score (nSPS) is 18.4. The minimum Gasteiger partial charge on any atom is -0.459 e. The van der Waals surface area contributed by atoms with Crippen molar-refractivity contribution in [2.24, 2.45) is 10.7 Å². The predicted molar refractivity (Wildman–Crippen MR) is 72.4 cm³/mol. The largest absolute Gasteiger partial charge is 0.459 e. The molecule has 0 saturated carbocycles. The minimum absolute atomic E-state index is 0.000394. The molecule has 0 radical (unpaired) electrons. The molecule has 104 valence electrons. The highest BCUT2D eigenvalue weighted by molar-refractivity contribution is 5.81. The van der Waals surface area contributed by atoms with Gasteiger partial charge in [0.15, 0.2) is 5.96 Å². The van der Waals surface area contributed by atoms with Crippen molar-refractivity contribution in [1.29, 1.82) is 0 Å². The first-order valence-electron chi connectivity index (χ1n) is 6.65. The van der Waals surface area contributed by atoms with Gasteiger partial charge in [-0.05, 0) is 33.6 Å². The standard InChI is InChI=1S/C13H25N3O2/c1-13(2,3)18-11(17)10-15-12(14)16-8-6-4-5-7-9-16/h4-10H2,1-3H3,(H2,14,15). The van der Waals surface area contributed by atoms with Gasteiger partial charge < -0.3 is 15.4 Å². The number of likely N-dealkylation sites (tertiary alicyclic amines) is 1. The van der Waals surface area contributed by atoms with Crippen LogP contribution in [-0.4, -0.2) is 42.1 Å². The van der Waals surface area contributed by atoms with Crippen molar-refractivity contribution in [3.8, 4) is 0 Å². The Morgan fingerprint density at radius 1 is 1.22 bits per heavy atom. The number of nitrogens with two attached hydrogens (primary N) is 1. The Hall–Kier alpha value is -1.26. The summed E-state index contributed by atoms with van der Waals surface area (Å²) in [7, 11) is 0. The van der Waals surface area contributed by atoms with E-state index < -0.39 is 5.60 Å². The number of hydrogen-bond donors (Lipinski definition) is 1. The maximum atomic E-state index is 11.5. The van der Waals surface area contributed by atoms with Gasteiger partial charge in [0, 0.05) is 13.1 Å². The molecule has 5 heteroatoms. The second-order valence-electron chi connectivity index (χ2n) is 5.66. The topological polar surface area (TPSA) is 67.9 Å². The highest BCUT2D eigenvalue weighted by Gasteiger charge is 2.16. The summed E-state index contributed by atoms with van der Waals surface area (Å²) >= 11 is 0. The van der Waals surface area contributed by atoms with Gasteiger partial charge in [-0.2, -0.15) is 0 Å². The van der Waals surface area contributed by atoms with Gasteiger partial charge in [0.2, 0.25) is 0 Å². The summed E-state index contributed by atoms with van der Waals surface area (Å²) in [5, 5.41) is 0. The fourth-order valence-electron chi connectivity index (χ4n) is 1.92. The molecule has 0 aromatic heterocycles. The number of guanidine groups is 1. The van der Waals surface area contributed by atoms with Crippen LogP contribution in [0.3, 0.4) is 0 Å². The van der Waals surface area contributed by atoms with Crippen molar-refractivity contribution < 1.29 is 9.53 Å². The maximum Gasteiger partial charge on any atom is 0.328 e. The molecule has 0 aromatic rings. The van der Waals surface area contributed by atoms with Gasteiger partial charge in [0.1, 0.15) is 12.1 Å². The molecule has 5 nitrogen and oxygen atoms in total. The molecular weight excluding hydrogens is 230 g/mol. The minimum atomic E-state index is -0.468. The van der Waals surface area contributed by atoms with Crippen LogP contribution in [0.5, 0.6) is 0 Å². The molecule has 1 saturated heterocycles. The van der Waals surface area contributed by atoms with Crippen molar-refractivity contribution >= 4 is 11.9 Å². The Balaban J connectivity index is 2.42. The Morgan fingerprint density at radius 3 is 2.28 bits per heavy atom. The van der Waals surface area contributed by atoms with Crippen LogP contribution in [0.2, 0.25) is 0 Å². The van der Waals surface area contributed by atoms with Crippen LogP contribution in [0.1, 0.15) is 46.5 Å². The van der Waals surface area contributed by atoms with E-state index in [1.54, 1.807) is 0 Å². The maximum absolute atomic E-state index is 11.5. The molecular formula is C13H25N3O2. The van der Waals surface area contributed by atoms with E-state index in [0.29, 0.717) is 5.96 Å². The average molecular weight is 255 g/mol. The third kappa shape index (κ3) is 5.89. The first-order valence-corrected chi connectivity index (χ1v) is 6.65. The molecule has 2 N–H and O–H groups in total. The van der Waals surface area contributed by atoms with E-state index in [0.717, 1.165) is 25.9 Å². The summed E-state index contributed by atoms with van der Waals surface area (Å²) in [6.07, 6.45) is 4.77. The first-order chi connectivity index (χ1) is 8.38. The predicted octanol–water partition coefficient (Wildman–Crippen LogP) is 1.52. The zero-order valence-electron chi connectivity index (χ0n) is 11.7. The summed E-state index contributed by atoms with van der Waals surface area (Å²) in [6.45, 7) is 7.39. The van der Waals surface area contributed by atoms with Gasteiger partial charge in [0.05, 0.1) is 0 Å². The van der Waals surface area contributed by atoms with Crippen LogP contribution in [0.25, 0.3) is 0 Å². The van der Waals surface area contributed by atoms with Crippen LogP contribution in [0.4, 0.5) is 0 Å². The third-order valence-electron chi connectivity index (χ3n) is 2.72. The highest BCUT2D eigenvalue weighted by Crippen LogP contribution is 2.09. The molecule has 1 fully saturated rings. The number of hydrogen-bond acceptors (Lipinski definition) is 3. The first kappa shape index (κ1) is 14.8. The van der Waals surface area contributed by atoms with Crippen molar-refractivity contribution in [3.63, 3.8) is 0 Å². The van der Waals surface area contributed by atoms with Crippen LogP contribution in [0, 0.1) is 0 Å². The number of esters is 1. The van der Waals surface area contributed by atoms with Gasteiger partial charge in [0.25, 0.3) is 0 Å². The summed E-state index contributed by atoms with van der Waals surface area (Å²) in [5.74, 6) is 0.128. The zero-order valence-corrected chi connectivity index (χ0v) is 11.7. The molecule has 0 atom stereocenters. The molecule has 1 aliphatic rings. The van der Waals surface area contributed by atoms with Gasteiger partial charge in [-0.1, -0.05) is 12.8 Å². The van der Waals surface area contributed by atoms with Gasteiger partial charge in [-0.3, -0.25) is 4.79 Å². The molecule has 0 aliphatic carbocycles. The number of aliphatic imine (C=N–C) groups is 1. The fraction of sp³-hybridized carbons (Fsp3) is 0.846. The van der Waals surface area contributed by atoms with Gasteiger partial charge >= 0.3 is 5.97 Å². The monoisotopic (exact) mass is 255 g/mol. The van der Waals surface area contributed by atoms with Crippen molar-refractivity contribution in [3.05, 3.63) is 0 Å². The van der Waals surface area contributed by atoms with E-state index in [9.17, 15) is 4.79 Å². The average Bonchev–Trinajstić information content (AvgIpc) is 2.52. The molecule has 1 rings (SSSR count). The van der Waals surface area contributed by atoms with Gasteiger partial charge in [-0.25, -0.2) is 4.99 Å². The molecule has 0 amide bonds. The summed E-state index contributed by atoms with van der Waals surface area (Å²) < 4.78 is 5.18. The van der Waals surface area contributed by atoms with E-state index in [2.05, 4.69) is 9.89 Å². The molecule has 0 bridgehead atoms. The molecule has 1 heterocycles. The number of carbonyl (C=O) groups excluding carboxylic acids is 1. The SMILES string of the molecule is CC(C)(C)OC(=O)CN=C(N)N1CCCCCC1. The number of carbonyl (C=O) groups is 1. The van der Waals surface area contributed by atoms with Crippen LogP contribution in [-0.2, 0) is 9.53 Å². The Morgan fingerprint density at radius 2 is 1.78 bits per heavy atom. The van der Waals surface area contributed by atoms with Crippen LogP contribution < -0.4 is 5.73 Å². The lowest BCUT2D eigenvalue weighted by molar-refractivity contribution is -0.152. The fourth-order valence-corrected chi connectivity index (χ4v) is 1.92. The quantitative estimate of drug-likeness (QED) is 0.461. The second-order valence-corrected chi connectivity index (χ2v) is 5.66. The van der Waals surface area contributed by atoms with E-state index >= 15 is 0 Å². The van der Waals surface area contributed by atoms with Crippen molar-refractivity contribution in [2.75, 3.05) is 19.6 Å². The van der Waals surface area contributed by atoms with Crippen LogP contribution >= 0.6 is 0 Å². The van der Waals surface area contributed by atoms with Crippen molar-refractivity contribution in [2.45, 2.75) is 52.1 Å². The number of nitrogens with zero attached hydrogens (tertiary/aromatic N) is 2. The smallest absolute Gasteiger partial charge is 0.328 e. The van der Waals surface area contributed by atoms with E-state index in [4.69, 9.17) is 10.5 Å². The van der Waals surface area contributed by atoms with E-state index in [1.807, 2.05) is 20.8 Å². The molecule has 1 aliphatic heterocycles.